The fourth-order valence-corrected chi connectivity index (χ4v) is 3.29. The molecule has 0 radical (unpaired) electrons. The fraction of sp³-hybridized carbons (Fsp3) is 0.200. The van der Waals surface area contributed by atoms with Gasteiger partial charge >= 0.3 is 12.4 Å². The summed E-state index contributed by atoms with van der Waals surface area (Å²) in [6, 6.07) is 7.37. The maximum atomic E-state index is 12.9. The van der Waals surface area contributed by atoms with Crippen molar-refractivity contribution in [2.75, 3.05) is 0 Å². The molecule has 10 heteroatoms. The van der Waals surface area contributed by atoms with E-state index in [9.17, 15) is 34.8 Å². The van der Waals surface area contributed by atoms with E-state index in [1.165, 1.54) is 6.07 Å². The molecule has 0 bridgehead atoms. The van der Waals surface area contributed by atoms with Gasteiger partial charge in [-0.2, -0.15) is 26.3 Å². The maximum absolute atomic E-state index is 12.9. The number of hydrogen-bond acceptors (Lipinski definition) is 2. The van der Waals surface area contributed by atoms with Gasteiger partial charge in [0.1, 0.15) is 0 Å². The molecule has 0 unspecified atom stereocenters. The summed E-state index contributed by atoms with van der Waals surface area (Å²) in [5.41, 5.74) is -2.38. The molecule has 136 valence electrons. The lowest BCUT2D eigenvalue weighted by molar-refractivity contribution is -0.140. The second-order valence-corrected chi connectivity index (χ2v) is 6.75. The minimum atomic E-state index is -4.89. The Hall–Kier alpha value is -2.07. The Balaban J connectivity index is 2.27. The zero-order valence-corrected chi connectivity index (χ0v) is 13.1. The van der Waals surface area contributed by atoms with Crippen LogP contribution >= 0.6 is 0 Å². The van der Waals surface area contributed by atoms with E-state index < -0.39 is 44.9 Å². The number of rotatable bonds is 4. The van der Waals surface area contributed by atoms with Crippen LogP contribution in [-0.2, 0) is 28.9 Å². The first-order chi connectivity index (χ1) is 11.4. The van der Waals surface area contributed by atoms with E-state index in [4.69, 9.17) is 0 Å². The van der Waals surface area contributed by atoms with Crippen molar-refractivity contribution in [3.05, 3.63) is 65.2 Å². The van der Waals surface area contributed by atoms with Crippen LogP contribution in [-0.4, -0.2) is 8.42 Å². The van der Waals surface area contributed by atoms with Gasteiger partial charge in [0, 0.05) is 6.54 Å². The zero-order valence-electron chi connectivity index (χ0n) is 12.3. The SMILES string of the molecule is O=S(=O)(NCc1cccc(C(F)(F)F)c1)c1ccccc1C(F)(F)F. The van der Waals surface area contributed by atoms with Crippen LogP contribution in [0.3, 0.4) is 0 Å². The van der Waals surface area contributed by atoms with Crippen LogP contribution in [0.2, 0.25) is 0 Å². The number of halogens is 6. The van der Waals surface area contributed by atoms with Crippen molar-refractivity contribution in [2.45, 2.75) is 23.8 Å². The second kappa shape index (κ2) is 6.68. The Bertz CT molecular complexity index is 859. The van der Waals surface area contributed by atoms with E-state index in [1.807, 2.05) is 4.72 Å². The van der Waals surface area contributed by atoms with Crippen LogP contribution in [0.5, 0.6) is 0 Å². The molecule has 0 fully saturated rings. The van der Waals surface area contributed by atoms with Crippen molar-refractivity contribution in [2.24, 2.45) is 0 Å². The predicted octanol–water partition coefficient (Wildman–Crippen LogP) is 4.20. The summed E-state index contributed by atoms with van der Waals surface area (Å²) in [5.74, 6) is 0. The quantitative estimate of drug-likeness (QED) is 0.805. The highest BCUT2D eigenvalue weighted by Crippen LogP contribution is 2.34. The molecule has 0 spiro atoms. The van der Waals surface area contributed by atoms with Crippen LogP contribution in [0.1, 0.15) is 16.7 Å². The standard InChI is InChI=1S/C15H11F6NO2S/c16-14(17,18)11-5-3-4-10(8-11)9-22-25(23,24)13-7-2-1-6-12(13)15(19,20)21/h1-8,22H,9H2. The minimum Gasteiger partial charge on any atom is -0.207 e. The first-order valence-electron chi connectivity index (χ1n) is 6.73. The molecule has 0 atom stereocenters. The molecule has 0 aliphatic carbocycles. The van der Waals surface area contributed by atoms with Crippen molar-refractivity contribution < 1.29 is 34.8 Å². The van der Waals surface area contributed by atoms with Crippen molar-refractivity contribution in [1.29, 1.82) is 0 Å². The van der Waals surface area contributed by atoms with Gasteiger partial charge in [0.05, 0.1) is 16.0 Å². The monoisotopic (exact) mass is 383 g/mol. The molecule has 3 nitrogen and oxygen atoms in total. The van der Waals surface area contributed by atoms with Gasteiger partial charge in [0.25, 0.3) is 0 Å². The molecule has 2 rings (SSSR count). The van der Waals surface area contributed by atoms with E-state index in [0.29, 0.717) is 6.07 Å². The highest BCUT2D eigenvalue weighted by atomic mass is 32.2. The second-order valence-electron chi connectivity index (χ2n) is 5.02. The average Bonchev–Trinajstić information content (AvgIpc) is 2.52. The van der Waals surface area contributed by atoms with Crippen LogP contribution in [0.15, 0.2) is 53.4 Å². The minimum absolute atomic E-state index is 0.0390. The van der Waals surface area contributed by atoms with Gasteiger partial charge in [-0.05, 0) is 23.8 Å². The molecule has 1 N–H and O–H groups in total. The first-order valence-corrected chi connectivity index (χ1v) is 8.21. The zero-order chi connectivity index (χ0) is 18.9. The Morgan fingerprint density at radius 3 is 2.08 bits per heavy atom. The predicted molar refractivity (Wildman–Crippen MR) is 76.9 cm³/mol. The molecule has 0 heterocycles. The van der Waals surface area contributed by atoms with Gasteiger partial charge in [-0.25, -0.2) is 13.1 Å². The molecule has 0 aliphatic rings. The third-order valence-corrected chi connectivity index (χ3v) is 4.66. The molecule has 0 aromatic heterocycles. The van der Waals surface area contributed by atoms with E-state index in [0.717, 1.165) is 36.4 Å². The number of sulfonamides is 1. The van der Waals surface area contributed by atoms with Crippen molar-refractivity contribution in [1.82, 2.24) is 4.72 Å². The number of nitrogens with one attached hydrogen (secondary N) is 1. The summed E-state index contributed by atoms with van der Waals surface area (Å²) in [5, 5.41) is 0. The van der Waals surface area contributed by atoms with E-state index in [2.05, 4.69) is 0 Å². The molecular formula is C15H11F6NO2S. The smallest absolute Gasteiger partial charge is 0.207 e. The van der Waals surface area contributed by atoms with Crippen LogP contribution in [0.25, 0.3) is 0 Å². The number of hydrogen-bond donors (Lipinski definition) is 1. The summed E-state index contributed by atoms with van der Waals surface area (Å²) in [6.45, 7) is -0.585. The molecule has 0 aliphatic heterocycles. The Kier molecular flexibility index (Phi) is 5.14. The Labute approximate surface area is 139 Å². The summed E-state index contributed by atoms with van der Waals surface area (Å²) in [4.78, 5) is -0.991. The number of benzene rings is 2. The summed E-state index contributed by atoms with van der Waals surface area (Å²) >= 11 is 0. The highest BCUT2D eigenvalue weighted by Gasteiger charge is 2.36. The molecule has 25 heavy (non-hydrogen) atoms. The van der Waals surface area contributed by atoms with Gasteiger partial charge in [-0.3, -0.25) is 0 Å². The normalized spacial score (nSPS) is 13.0. The fourth-order valence-electron chi connectivity index (χ4n) is 2.05. The third kappa shape index (κ3) is 4.73. The lowest BCUT2D eigenvalue weighted by atomic mass is 10.1. The summed E-state index contributed by atoms with van der Waals surface area (Å²) < 4.78 is 103. The Morgan fingerprint density at radius 1 is 0.840 bits per heavy atom. The first kappa shape index (κ1) is 19.3. The molecule has 0 saturated carbocycles. The van der Waals surface area contributed by atoms with Crippen molar-refractivity contribution >= 4 is 10.0 Å². The average molecular weight is 383 g/mol. The molecule has 2 aromatic rings. The number of alkyl halides is 6. The van der Waals surface area contributed by atoms with Gasteiger partial charge in [0.2, 0.25) is 10.0 Å². The molecule has 0 amide bonds. The third-order valence-electron chi connectivity index (χ3n) is 3.20. The van der Waals surface area contributed by atoms with Gasteiger partial charge in [0.15, 0.2) is 0 Å². The van der Waals surface area contributed by atoms with E-state index >= 15 is 0 Å². The van der Waals surface area contributed by atoms with Crippen LogP contribution in [0, 0.1) is 0 Å². The van der Waals surface area contributed by atoms with Crippen molar-refractivity contribution in [3.8, 4) is 0 Å². The van der Waals surface area contributed by atoms with Crippen LogP contribution in [0.4, 0.5) is 26.3 Å². The lowest BCUT2D eigenvalue weighted by Crippen LogP contribution is -2.26. The lowest BCUT2D eigenvalue weighted by Gasteiger charge is -2.14. The molecular weight excluding hydrogens is 372 g/mol. The van der Waals surface area contributed by atoms with E-state index in [1.54, 1.807) is 0 Å². The van der Waals surface area contributed by atoms with Gasteiger partial charge < -0.3 is 0 Å². The Morgan fingerprint density at radius 2 is 1.48 bits per heavy atom. The molecule has 2 aromatic carbocycles. The van der Waals surface area contributed by atoms with E-state index in [-0.39, 0.29) is 5.56 Å². The van der Waals surface area contributed by atoms with Gasteiger partial charge in [-0.1, -0.05) is 30.3 Å². The topological polar surface area (TPSA) is 46.2 Å². The summed E-state index contributed by atoms with van der Waals surface area (Å²) in [7, 11) is -4.57. The van der Waals surface area contributed by atoms with Gasteiger partial charge in [-0.15, -0.1) is 0 Å². The summed E-state index contributed by atoms with van der Waals surface area (Å²) in [6.07, 6.45) is -9.50. The molecule has 0 saturated heterocycles. The van der Waals surface area contributed by atoms with Crippen molar-refractivity contribution in [3.63, 3.8) is 0 Å². The largest absolute Gasteiger partial charge is 0.417 e. The maximum Gasteiger partial charge on any atom is 0.417 e. The van der Waals surface area contributed by atoms with Crippen LogP contribution < -0.4 is 4.72 Å². The highest BCUT2D eigenvalue weighted by molar-refractivity contribution is 7.89.